The lowest BCUT2D eigenvalue weighted by Gasteiger charge is -2.35. The van der Waals surface area contributed by atoms with E-state index in [-0.39, 0.29) is 22.8 Å². The first kappa shape index (κ1) is 21.4. The molecule has 0 radical (unpaired) electrons. The molecule has 0 aliphatic carbocycles. The Kier molecular flexibility index (Phi) is 6.73. The number of nitrogens with two attached hydrogens (primary N) is 1. The van der Waals surface area contributed by atoms with Crippen molar-refractivity contribution in [2.45, 2.75) is 13.3 Å². The number of nitrogen functional groups attached to an aromatic ring is 1. The normalized spacial score (nSPS) is 13.9. The fourth-order valence-electron chi connectivity index (χ4n) is 3.19. The van der Waals surface area contributed by atoms with Gasteiger partial charge in [-0.1, -0.05) is 0 Å². The fourth-order valence-corrected chi connectivity index (χ4v) is 3.19. The number of likely N-dealkylation sites (tertiary alicyclic amines) is 1. The molecule has 4 rings (SSSR count). The third kappa shape index (κ3) is 5.38. The number of pyridine rings is 1. The van der Waals surface area contributed by atoms with Gasteiger partial charge in [0, 0.05) is 31.1 Å². The number of aryl methyl sites for hydroxylation is 1. The number of carbonyl (C=O) groups is 1. The van der Waals surface area contributed by atoms with Gasteiger partial charge in [0.05, 0.1) is 17.6 Å². The maximum absolute atomic E-state index is 13.6. The molecule has 1 fully saturated rings. The van der Waals surface area contributed by atoms with Gasteiger partial charge < -0.3 is 20.4 Å². The highest BCUT2D eigenvalue weighted by atomic mass is 19.1. The van der Waals surface area contributed by atoms with Crippen molar-refractivity contribution in [2.75, 3.05) is 31.2 Å². The Morgan fingerprint density at radius 3 is 2.67 bits per heavy atom. The minimum absolute atomic E-state index is 0.130. The van der Waals surface area contributed by atoms with Gasteiger partial charge in [0.1, 0.15) is 17.4 Å². The number of benzene rings is 1. The molecule has 0 spiro atoms. The number of aromatic nitrogens is 2. The van der Waals surface area contributed by atoms with E-state index in [0.717, 1.165) is 36.1 Å². The zero-order chi connectivity index (χ0) is 21.7. The van der Waals surface area contributed by atoms with Crippen LogP contribution in [0.5, 0.6) is 0 Å². The standard InChI is InChI=1S/C12H9F2N3O.C9H14N2O/c13-7-1-2-8(9(14)5-7)11-4-3-10(15)12(17-11)16-6-18;1-7-4-10-9(12-7)3-8-5-11(2)6-8/h1-6H,15H2,(H,16,17,18);4,8H,3,5-6H2,1-2H3. The third-order valence-electron chi connectivity index (χ3n) is 4.60. The minimum Gasteiger partial charge on any atom is -0.446 e. The first-order chi connectivity index (χ1) is 14.4. The molecule has 3 aromatic rings. The van der Waals surface area contributed by atoms with E-state index in [0.29, 0.717) is 6.41 Å². The predicted molar refractivity (Wildman–Crippen MR) is 110 cm³/mol. The van der Waals surface area contributed by atoms with E-state index in [1.165, 1.54) is 31.3 Å². The van der Waals surface area contributed by atoms with E-state index >= 15 is 0 Å². The number of halogens is 2. The monoisotopic (exact) mass is 415 g/mol. The molecule has 0 bridgehead atoms. The van der Waals surface area contributed by atoms with E-state index in [9.17, 15) is 13.6 Å². The van der Waals surface area contributed by atoms with Gasteiger partial charge in [-0.2, -0.15) is 0 Å². The Labute approximate surface area is 172 Å². The van der Waals surface area contributed by atoms with Gasteiger partial charge >= 0.3 is 0 Å². The SMILES string of the molecule is Cc1cnc(CC2CN(C)C2)o1.Nc1ccc(-c2ccc(F)cc2F)nc1NC=O. The number of amides is 1. The predicted octanol–water partition coefficient (Wildman–Crippen LogP) is 3.26. The number of hydrogen-bond acceptors (Lipinski definition) is 6. The second-order valence-corrected chi connectivity index (χ2v) is 7.18. The Balaban J connectivity index is 0.000000184. The van der Waals surface area contributed by atoms with Crippen molar-refractivity contribution in [3.8, 4) is 11.3 Å². The molecule has 30 heavy (non-hydrogen) atoms. The zero-order valence-corrected chi connectivity index (χ0v) is 16.7. The topological polar surface area (TPSA) is 97.3 Å². The molecule has 158 valence electrons. The summed E-state index contributed by atoms with van der Waals surface area (Å²) in [5.74, 6) is 1.30. The van der Waals surface area contributed by atoms with Crippen LogP contribution in [0.4, 0.5) is 20.3 Å². The maximum atomic E-state index is 13.6. The number of nitrogens with zero attached hydrogens (tertiary/aromatic N) is 3. The van der Waals surface area contributed by atoms with Crippen LogP contribution >= 0.6 is 0 Å². The Bertz CT molecular complexity index is 1020. The molecule has 1 aliphatic rings. The number of anilines is 2. The molecule has 0 atom stereocenters. The Hall–Kier alpha value is -3.33. The molecule has 1 aromatic carbocycles. The maximum Gasteiger partial charge on any atom is 0.212 e. The van der Waals surface area contributed by atoms with E-state index in [1.807, 2.05) is 6.92 Å². The lowest BCUT2D eigenvalue weighted by atomic mass is 9.97. The molecular weight excluding hydrogens is 392 g/mol. The van der Waals surface area contributed by atoms with Crippen LogP contribution in [0, 0.1) is 24.5 Å². The highest BCUT2D eigenvalue weighted by Crippen LogP contribution is 2.25. The second-order valence-electron chi connectivity index (χ2n) is 7.18. The second kappa shape index (κ2) is 9.45. The molecule has 1 aliphatic heterocycles. The summed E-state index contributed by atoms with van der Waals surface area (Å²) in [6.45, 7) is 4.30. The van der Waals surface area contributed by atoms with Gasteiger partial charge in [-0.05, 0) is 44.2 Å². The quantitative estimate of drug-likeness (QED) is 0.621. The van der Waals surface area contributed by atoms with Crippen molar-refractivity contribution >= 4 is 17.9 Å². The van der Waals surface area contributed by atoms with Crippen molar-refractivity contribution in [1.29, 1.82) is 0 Å². The lowest BCUT2D eigenvalue weighted by Crippen LogP contribution is -2.44. The smallest absolute Gasteiger partial charge is 0.212 e. The first-order valence-electron chi connectivity index (χ1n) is 9.37. The van der Waals surface area contributed by atoms with Crippen LogP contribution in [0.3, 0.4) is 0 Å². The van der Waals surface area contributed by atoms with Crippen molar-refractivity contribution < 1.29 is 18.0 Å². The summed E-state index contributed by atoms with van der Waals surface area (Å²) < 4.78 is 31.7. The number of nitrogens with one attached hydrogen (secondary N) is 1. The molecule has 0 unspecified atom stereocenters. The van der Waals surface area contributed by atoms with Crippen molar-refractivity contribution in [1.82, 2.24) is 14.9 Å². The van der Waals surface area contributed by atoms with E-state index in [1.54, 1.807) is 6.20 Å². The average Bonchev–Trinajstić information content (AvgIpc) is 3.08. The average molecular weight is 415 g/mol. The van der Waals surface area contributed by atoms with Crippen molar-refractivity contribution in [2.24, 2.45) is 5.92 Å². The third-order valence-corrected chi connectivity index (χ3v) is 4.60. The molecular formula is C21H23F2N5O2. The Morgan fingerprint density at radius 2 is 2.07 bits per heavy atom. The van der Waals surface area contributed by atoms with Crippen LogP contribution in [0.25, 0.3) is 11.3 Å². The highest BCUT2D eigenvalue weighted by Gasteiger charge is 2.24. The summed E-state index contributed by atoms with van der Waals surface area (Å²) in [4.78, 5) is 20.8. The number of hydrogen-bond donors (Lipinski definition) is 2. The molecule has 9 heteroatoms. The van der Waals surface area contributed by atoms with Crippen molar-refractivity contribution in [3.63, 3.8) is 0 Å². The molecule has 3 N–H and O–H groups in total. The molecule has 0 saturated carbocycles. The summed E-state index contributed by atoms with van der Waals surface area (Å²) in [5.41, 5.74) is 6.22. The summed E-state index contributed by atoms with van der Waals surface area (Å²) in [6, 6.07) is 6.13. The number of carbonyl (C=O) groups excluding carboxylic acids is 1. The molecule has 1 saturated heterocycles. The van der Waals surface area contributed by atoms with Crippen LogP contribution in [-0.4, -0.2) is 41.4 Å². The highest BCUT2D eigenvalue weighted by molar-refractivity contribution is 5.78. The first-order valence-corrected chi connectivity index (χ1v) is 9.37. The van der Waals surface area contributed by atoms with Crippen LogP contribution in [0.2, 0.25) is 0 Å². The van der Waals surface area contributed by atoms with E-state index < -0.39 is 11.6 Å². The zero-order valence-electron chi connectivity index (χ0n) is 16.7. The summed E-state index contributed by atoms with van der Waals surface area (Å²) in [7, 11) is 2.14. The molecule has 1 amide bonds. The van der Waals surface area contributed by atoms with Gasteiger partial charge in [0.2, 0.25) is 6.41 Å². The van der Waals surface area contributed by atoms with Gasteiger partial charge in [-0.3, -0.25) is 4.79 Å². The lowest BCUT2D eigenvalue weighted by molar-refractivity contribution is -0.105. The number of oxazole rings is 1. The van der Waals surface area contributed by atoms with Crippen molar-refractivity contribution in [3.05, 3.63) is 59.8 Å². The molecule has 2 aromatic heterocycles. The van der Waals surface area contributed by atoms with Crippen LogP contribution < -0.4 is 11.1 Å². The van der Waals surface area contributed by atoms with Gasteiger partial charge in [-0.15, -0.1) is 0 Å². The van der Waals surface area contributed by atoms with E-state index in [2.05, 4.69) is 27.2 Å². The van der Waals surface area contributed by atoms with Gasteiger partial charge in [0.25, 0.3) is 0 Å². The summed E-state index contributed by atoms with van der Waals surface area (Å²) >= 11 is 0. The molecule has 7 nitrogen and oxygen atoms in total. The summed E-state index contributed by atoms with van der Waals surface area (Å²) in [5, 5.41) is 2.30. The van der Waals surface area contributed by atoms with E-state index in [4.69, 9.17) is 10.2 Å². The minimum atomic E-state index is -0.732. The van der Waals surface area contributed by atoms with Crippen LogP contribution in [-0.2, 0) is 11.2 Å². The Morgan fingerprint density at radius 1 is 1.30 bits per heavy atom. The van der Waals surface area contributed by atoms with Gasteiger partial charge in [0.15, 0.2) is 11.7 Å². The number of rotatable bonds is 5. The molecule has 3 heterocycles. The summed E-state index contributed by atoms with van der Waals surface area (Å²) in [6.07, 6.45) is 3.21. The van der Waals surface area contributed by atoms with Gasteiger partial charge in [-0.25, -0.2) is 18.7 Å². The largest absolute Gasteiger partial charge is 0.446 e. The van der Waals surface area contributed by atoms with Crippen LogP contribution in [0.1, 0.15) is 11.7 Å². The fraction of sp³-hybridized carbons (Fsp3) is 0.286. The van der Waals surface area contributed by atoms with Crippen LogP contribution in [0.15, 0.2) is 40.9 Å².